The second kappa shape index (κ2) is 13.3. The summed E-state index contributed by atoms with van der Waals surface area (Å²) in [6.07, 6.45) is 1.26. The molecule has 0 rings (SSSR count). The first-order chi connectivity index (χ1) is 12.3. The molecule has 9 N–H and O–H groups in total. The predicted octanol–water partition coefficient (Wildman–Crippen LogP) is -3.46. The Labute approximate surface area is 156 Å². The predicted molar refractivity (Wildman–Crippen MR) is 96.3 cm³/mol. The number of aliphatic hydroxyl groups excluding tert-OH is 1. The van der Waals surface area contributed by atoms with Gasteiger partial charge in [-0.15, -0.1) is 0 Å². The van der Waals surface area contributed by atoms with Gasteiger partial charge in [0.2, 0.25) is 17.7 Å². The van der Waals surface area contributed by atoms with Crippen LogP contribution in [0.5, 0.6) is 0 Å². The summed E-state index contributed by atoms with van der Waals surface area (Å²) < 4.78 is 0. The highest BCUT2D eigenvalue weighted by atomic mass is 32.1. The molecule has 0 aromatic rings. The first-order valence-corrected chi connectivity index (χ1v) is 8.68. The van der Waals surface area contributed by atoms with E-state index in [0.29, 0.717) is 19.4 Å². The summed E-state index contributed by atoms with van der Waals surface area (Å²) in [6.45, 7) is -0.684. The van der Waals surface area contributed by atoms with Crippen LogP contribution in [0.2, 0.25) is 0 Å². The summed E-state index contributed by atoms with van der Waals surface area (Å²) in [6, 6.07) is -3.61. The van der Waals surface area contributed by atoms with E-state index in [0.717, 1.165) is 0 Å². The minimum absolute atomic E-state index is 0.0613. The Balaban J connectivity index is 4.81. The molecule has 0 aromatic heterocycles. The minimum atomic E-state index is -1.38. The lowest BCUT2D eigenvalue weighted by Gasteiger charge is -2.22. The Morgan fingerprint density at radius 2 is 1.50 bits per heavy atom. The van der Waals surface area contributed by atoms with Gasteiger partial charge in [0.05, 0.1) is 13.2 Å². The third-order valence-electron chi connectivity index (χ3n) is 3.40. The number of aliphatic carboxylic acids is 1. The smallest absolute Gasteiger partial charge is 0.326 e. The molecule has 0 bridgehead atoms. The molecule has 3 atom stereocenters. The largest absolute Gasteiger partial charge is 0.480 e. The van der Waals surface area contributed by atoms with E-state index in [4.69, 9.17) is 16.6 Å². The van der Waals surface area contributed by atoms with Crippen molar-refractivity contribution >= 4 is 36.3 Å². The van der Waals surface area contributed by atoms with Crippen molar-refractivity contribution in [3.05, 3.63) is 0 Å². The molecule has 0 aliphatic rings. The zero-order valence-corrected chi connectivity index (χ0v) is 15.2. The van der Waals surface area contributed by atoms with E-state index < -0.39 is 48.4 Å². The van der Waals surface area contributed by atoms with Gasteiger partial charge in [0.1, 0.15) is 18.1 Å². The molecular formula is C14H27N5O6S. The van der Waals surface area contributed by atoms with Crippen LogP contribution in [0, 0.1) is 0 Å². The molecule has 0 heterocycles. The standard InChI is InChI=1S/C14H27N5O6S/c15-4-2-1-3-8(14(24)25)18-12(22)9(6-20)19-13(23)10(7-26)17-11(21)5-16/h8-10,20,26H,1-7,15-16H2,(H,17,21)(H,18,22)(H,19,23)(H,24,25). The average molecular weight is 393 g/mol. The van der Waals surface area contributed by atoms with E-state index in [1.54, 1.807) is 0 Å². The molecule has 3 unspecified atom stereocenters. The van der Waals surface area contributed by atoms with Crippen LogP contribution in [0.1, 0.15) is 19.3 Å². The van der Waals surface area contributed by atoms with Gasteiger partial charge in [-0.2, -0.15) is 12.6 Å². The molecule has 0 aromatic carbocycles. The number of carbonyl (C=O) groups is 4. The highest BCUT2D eigenvalue weighted by Gasteiger charge is 2.28. The summed E-state index contributed by atoms with van der Waals surface area (Å²) in [4.78, 5) is 46.7. The number of thiol groups is 1. The third kappa shape index (κ3) is 8.99. The number of aliphatic hydroxyl groups is 1. The Kier molecular flexibility index (Phi) is 12.4. The SMILES string of the molecule is NCCCCC(NC(=O)C(CO)NC(=O)C(CS)NC(=O)CN)C(=O)O. The molecule has 3 amide bonds. The van der Waals surface area contributed by atoms with Gasteiger partial charge in [0.25, 0.3) is 0 Å². The van der Waals surface area contributed by atoms with Gasteiger partial charge in [0, 0.05) is 5.75 Å². The molecule has 0 saturated carbocycles. The Morgan fingerprint density at radius 1 is 0.923 bits per heavy atom. The number of hydrogen-bond donors (Lipinski definition) is 8. The van der Waals surface area contributed by atoms with Gasteiger partial charge in [-0.1, -0.05) is 0 Å². The van der Waals surface area contributed by atoms with Crippen LogP contribution < -0.4 is 27.4 Å². The zero-order valence-electron chi connectivity index (χ0n) is 14.3. The summed E-state index contributed by atoms with van der Waals surface area (Å²) >= 11 is 3.93. The zero-order chi connectivity index (χ0) is 20.1. The van der Waals surface area contributed by atoms with Crippen molar-refractivity contribution in [1.82, 2.24) is 16.0 Å². The van der Waals surface area contributed by atoms with Gasteiger partial charge in [-0.3, -0.25) is 14.4 Å². The summed E-state index contributed by atoms with van der Waals surface area (Å²) in [5.41, 5.74) is 10.5. The van der Waals surface area contributed by atoms with Crippen LogP contribution in [0.4, 0.5) is 0 Å². The van der Waals surface area contributed by atoms with Crippen LogP contribution in [-0.2, 0) is 19.2 Å². The topological polar surface area (TPSA) is 197 Å². The second-order valence-corrected chi connectivity index (χ2v) is 5.80. The Morgan fingerprint density at radius 3 is 1.96 bits per heavy atom. The molecule has 0 spiro atoms. The van der Waals surface area contributed by atoms with E-state index in [2.05, 4.69) is 28.6 Å². The van der Waals surface area contributed by atoms with Gasteiger partial charge < -0.3 is 37.6 Å². The first-order valence-electron chi connectivity index (χ1n) is 8.05. The highest BCUT2D eigenvalue weighted by molar-refractivity contribution is 7.80. The van der Waals surface area contributed by atoms with E-state index in [9.17, 15) is 24.3 Å². The number of rotatable bonds is 13. The summed E-state index contributed by atoms with van der Waals surface area (Å²) in [5, 5.41) is 25.3. The molecule has 0 fully saturated rings. The number of carbonyl (C=O) groups excluding carboxylic acids is 3. The molecule has 26 heavy (non-hydrogen) atoms. The number of hydrogen-bond acceptors (Lipinski definition) is 8. The molecule has 11 nitrogen and oxygen atoms in total. The Bertz CT molecular complexity index is 492. The fourth-order valence-electron chi connectivity index (χ4n) is 1.94. The maximum atomic E-state index is 12.1. The summed E-state index contributed by atoms with van der Waals surface area (Å²) in [5.74, 6) is -3.50. The van der Waals surface area contributed by atoms with Crippen LogP contribution in [0.25, 0.3) is 0 Å². The highest BCUT2D eigenvalue weighted by Crippen LogP contribution is 2.02. The van der Waals surface area contributed by atoms with Crippen molar-refractivity contribution < 1.29 is 29.4 Å². The van der Waals surface area contributed by atoms with Crippen LogP contribution >= 0.6 is 12.6 Å². The lowest BCUT2D eigenvalue weighted by atomic mass is 10.1. The number of carboxylic acid groups (broad SMARTS) is 1. The molecule has 12 heteroatoms. The monoisotopic (exact) mass is 393 g/mol. The Hall–Kier alpha value is -1.89. The van der Waals surface area contributed by atoms with Crippen molar-refractivity contribution in [2.24, 2.45) is 11.5 Å². The van der Waals surface area contributed by atoms with Crippen LogP contribution in [-0.4, -0.2) is 77.5 Å². The maximum Gasteiger partial charge on any atom is 0.326 e. The van der Waals surface area contributed by atoms with Crippen molar-refractivity contribution in [1.29, 1.82) is 0 Å². The maximum absolute atomic E-state index is 12.1. The van der Waals surface area contributed by atoms with E-state index in [1.807, 2.05) is 0 Å². The number of nitrogens with one attached hydrogen (secondary N) is 3. The van der Waals surface area contributed by atoms with E-state index in [1.165, 1.54) is 0 Å². The number of amides is 3. The van der Waals surface area contributed by atoms with Crippen molar-refractivity contribution in [3.63, 3.8) is 0 Å². The lowest BCUT2D eigenvalue weighted by molar-refractivity contribution is -0.142. The van der Waals surface area contributed by atoms with Gasteiger partial charge >= 0.3 is 5.97 Å². The lowest BCUT2D eigenvalue weighted by Crippen LogP contribution is -2.57. The minimum Gasteiger partial charge on any atom is -0.480 e. The van der Waals surface area contributed by atoms with E-state index in [-0.39, 0.29) is 18.7 Å². The normalized spacial score (nSPS) is 14.0. The molecular weight excluding hydrogens is 366 g/mol. The summed E-state index contributed by atoms with van der Waals surface area (Å²) in [7, 11) is 0. The number of nitrogens with two attached hydrogens (primary N) is 2. The quantitative estimate of drug-likeness (QED) is 0.117. The van der Waals surface area contributed by atoms with E-state index >= 15 is 0 Å². The second-order valence-electron chi connectivity index (χ2n) is 5.43. The fraction of sp³-hybridized carbons (Fsp3) is 0.714. The molecule has 0 radical (unpaired) electrons. The van der Waals surface area contributed by atoms with Crippen LogP contribution in [0.3, 0.4) is 0 Å². The van der Waals surface area contributed by atoms with Crippen LogP contribution in [0.15, 0.2) is 0 Å². The number of carboxylic acids is 1. The van der Waals surface area contributed by atoms with Crippen molar-refractivity contribution in [2.45, 2.75) is 37.4 Å². The number of unbranched alkanes of at least 4 members (excludes halogenated alkanes) is 1. The first kappa shape index (κ1) is 24.1. The average Bonchev–Trinajstić information content (AvgIpc) is 2.62. The van der Waals surface area contributed by atoms with Gasteiger partial charge in [0.15, 0.2) is 0 Å². The molecule has 150 valence electrons. The van der Waals surface area contributed by atoms with Crippen molar-refractivity contribution in [3.8, 4) is 0 Å². The third-order valence-corrected chi connectivity index (χ3v) is 3.76. The van der Waals surface area contributed by atoms with Gasteiger partial charge in [-0.05, 0) is 25.8 Å². The molecule has 0 saturated heterocycles. The van der Waals surface area contributed by atoms with Gasteiger partial charge in [-0.25, -0.2) is 4.79 Å². The molecule has 0 aliphatic carbocycles. The molecule has 0 aliphatic heterocycles. The van der Waals surface area contributed by atoms with Crippen molar-refractivity contribution in [2.75, 3.05) is 25.4 Å². The fourth-order valence-corrected chi connectivity index (χ4v) is 2.19.